The Morgan fingerprint density at radius 2 is 1.53 bits per heavy atom. The van der Waals surface area contributed by atoms with Gasteiger partial charge in [0.15, 0.2) is 5.12 Å². The number of carbonyl (C=O) groups excluding carboxylic acids is 1. The highest BCUT2D eigenvalue weighted by atomic mass is 32.2. The topological polar surface area (TPSA) is 17.1 Å². The van der Waals surface area contributed by atoms with Gasteiger partial charge in [-0.05, 0) is 0 Å². The number of alkyl halides is 7. The lowest BCUT2D eigenvalue weighted by molar-refractivity contribution is -0.300. The van der Waals surface area contributed by atoms with Gasteiger partial charge in [0.1, 0.15) is 0 Å². The molecule has 0 aromatic heterocycles. The van der Waals surface area contributed by atoms with Crippen LogP contribution in [0.25, 0.3) is 0 Å². The molecular weight excluding hydrogens is 277 g/mol. The largest absolute Gasteiger partial charge is 0.453 e. The molecule has 0 fully saturated rings. The van der Waals surface area contributed by atoms with E-state index in [1.54, 1.807) is 0 Å². The second-order valence-electron chi connectivity index (χ2n) is 3.32. The van der Waals surface area contributed by atoms with Gasteiger partial charge < -0.3 is 0 Å². The molecule has 9 heteroatoms. The lowest BCUT2D eigenvalue weighted by Crippen LogP contribution is -2.41. The van der Waals surface area contributed by atoms with Crippen molar-refractivity contribution in [3.05, 3.63) is 0 Å². The Kier molecular flexibility index (Phi) is 5.30. The van der Waals surface area contributed by atoms with Crippen LogP contribution < -0.4 is 0 Å². The molecule has 0 aromatic rings. The van der Waals surface area contributed by atoms with Gasteiger partial charge in [-0.15, -0.1) is 0 Å². The number of halogens is 7. The molecule has 0 bridgehead atoms. The molecule has 0 rings (SSSR count). The van der Waals surface area contributed by atoms with E-state index in [0.717, 1.165) is 6.92 Å². The molecule has 0 aliphatic carbocycles. The Morgan fingerprint density at radius 3 is 1.88 bits per heavy atom. The molecule has 0 unspecified atom stereocenters. The van der Waals surface area contributed by atoms with Crippen molar-refractivity contribution in [2.24, 2.45) is 0 Å². The van der Waals surface area contributed by atoms with Crippen LogP contribution in [0.15, 0.2) is 0 Å². The van der Waals surface area contributed by atoms with Gasteiger partial charge in [-0.25, -0.2) is 8.78 Å². The van der Waals surface area contributed by atoms with Crippen molar-refractivity contribution < 1.29 is 35.5 Å². The number of thioether (sulfide) groups is 1. The smallest absolute Gasteiger partial charge is 0.288 e. The van der Waals surface area contributed by atoms with E-state index < -0.39 is 41.7 Å². The maximum Gasteiger partial charge on any atom is 0.453 e. The Morgan fingerprint density at radius 1 is 1.06 bits per heavy atom. The molecule has 0 spiro atoms. The molecule has 0 aliphatic rings. The minimum atomic E-state index is -6.00. The minimum Gasteiger partial charge on any atom is -0.288 e. The fourth-order valence-electron chi connectivity index (χ4n) is 0.858. The molecule has 0 saturated carbocycles. The van der Waals surface area contributed by atoms with Gasteiger partial charge in [0.25, 0.3) is 5.92 Å². The van der Waals surface area contributed by atoms with Crippen molar-refractivity contribution in [3.63, 3.8) is 0 Å². The summed E-state index contributed by atoms with van der Waals surface area (Å²) in [6, 6.07) is 0. The fraction of sp³-hybridized carbons (Fsp3) is 0.875. The Bertz CT molecular complexity index is 274. The van der Waals surface area contributed by atoms with E-state index in [-0.39, 0.29) is 0 Å². The molecule has 0 atom stereocenters. The van der Waals surface area contributed by atoms with E-state index in [9.17, 15) is 35.5 Å². The van der Waals surface area contributed by atoms with Gasteiger partial charge in [0.05, 0.1) is 6.42 Å². The van der Waals surface area contributed by atoms with E-state index in [2.05, 4.69) is 0 Å². The van der Waals surface area contributed by atoms with E-state index in [4.69, 9.17) is 0 Å². The maximum atomic E-state index is 12.8. The number of hydrogen-bond acceptors (Lipinski definition) is 2. The second kappa shape index (κ2) is 5.45. The second-order valence-corrected chi connectivity index (χ2v) is 4.60. The molecule has 0 radical (unpaired) electrons. The van der Waals surface area contributed by atoms with Crippen molar-refractivity contribution in [3.8, 4) is 0 Å². The average Bonchev–Trinajstić information content (AvgIpc) is 1.97. The lowest BCUT2D eigenvalue weighted by Gasteiger charge is -2.24. The zero-order chi connectivity index (χ0) is 13.9. The quantitative estimate of drug-likeness (QED) is 0.713. The molecule has 17 heavy (non-hydrogen) atoms. The third kappa shape index (κ3) is 6.13. The van der Waals surface area contributed by atoms with Crippen LogP contribution in [0.1, 0.15) is 19.8 Å². The van der Waals surface area contributed by atoms with Crippen molar-refractivity contribution in [1.82, 2.24) is 0 Å². The summed E-state index contributed by atoms with van der Waals surface area (Å²) in [5, 5.41) is -0.511. The zero-order valence-corrected chi connectivity index (χ0v) is 9.40. The maximum absolute atomic E-state index is 12.8. The van der Waals surface area contributed by atoms with Gasteiger partial charge in [-0.1, -0.05) is 11.8 Å². The van der Waals surface area contributed by atoms with Crippen LogP contribution in [0.2, 0.25) is 0 Å². The molecule has 0 aliphatic heterocycles. The van der Waals surface area contributed by atoms with E-state index in [1.807, 2.05) is 0 Å². The first-order valence-electron chi connectivity index (χ1n) is 4.33. The first kappa shape index (κ1) is 16.5. The highest BCUT2D eigenvalue weighted by Crippen LogP contribution is 2.43. The minimum absolute atomic E-state index is 0.447. The molecule has 0 heterocycles. The predicted octanol–water partition coefficient (Wildman–Crippen LogP) is 3.88. The monoisotopic (exact) mass is 286 g/mol. The summed E-state index contributed by atoms with van der Waals surface area (Å²) in [5.74, 6) is -10.1. The summed E-state index contributed by atoms with van der Waals surface area (Å²) in [4.78, 5) is 10.4. The normalized spacial score (nSPS) is 13.9. The highest BCUT2D eigenvalue weighted by Gasteiger charge is 2.61. The standard InChI is InChI=1S/C8H9F7OS/c1-5(16)17-3-2-6(9,10)4-7(11,12)8(13,14)15/h2-4H2,1H3. The number of rotatable bonds is 5. The molecule has 1 nitrogen and oxygen atoms in total. The van der Waals surface area contributed by atoms with Crippen molar-refractivity contribution in [2.75, 3.05) is 5.75 Å². The van der Waals surface area contributed by atoms with Crippen molar-refractivity contribution in [1.29, 1.82) is 0 Å². The zero-order valence-electron chi connectivity index (χ0n) is 8.58. The molecule has 0 aromatic carbocycles. The van der Waals surface area contributed by atoms with Crippen LogP contribution in [-0.4, -0.2) is 28.9 Å². The lowest BCUT2D eigenvalue weighted by atomic mass is 10.1. The number of carbonyl (C=O) groups is 1. The Hall–Kier alpha value is -0.470. The average molecular weight is 286 g/mol. The first-order valence-corrected chi connectivity index (χ1v) is 5.32. The Labute approximate surface area is 96.7 Å². The summed E-state index contributed by atoms with van der Waals surface area (Å²) in [6.45, 7) is 1.08. The predicted molar refractivity (Wildman–Crippen MR) is 48.3 cm³/mol. The van der Waals surface area contributed by atoms with E-state index >= 15 is 0 Å². The van der Waals surface area contributed by atoms with Crippen molar-refractivity contribution in [2.45, 2.75) is 37.8 Å². The van der Waals surface area contributed by atoms with E-state index in [1.165, 1.54) is 0 Å². The van der Waals surface area contributed by atoms with Gasteiger partial charge in [-0.2, -0.15) is 22.0 Å². The summed E-state index contributed by atoms with van der Waals surface area (Å²) in [7, 11) is 0. The summed E-state index contributed by atoms with van der Waals surface area (Å²) in [5.41, 5.74) is 0. The molecular formula is C8H9F7OS. The van der Waals surface area contributed by atoms with Gasteiger partial charge >= 0.3 is 12.1 Å². The first-order chi connectivity index (χ1) is 7.37. The summed E-state index contributed by atoms with van der Waals surface area (Å²) >= 11 is 0.447. The number of hydrogen-bond donors (Lipinski definition) is 0. The van der Waals surface area contributed by atoms with Crippen LogP contribution in [0.3, 0.4) is 0 Å². The molecule has 0 saturated heterocycles. The van der Waals surface area contributed by atoms with Crippen LogP contribution in [-0.2, 0) is 4.79 Å². The third-order valence-electron chi connectivity index (χ3n) is 1.67. The van der Waals surface area contributed by atoms with Crippen LogP contribution in [0.5, 0.6) is 0 Å². The third-order valence-corrected chi connectivity index (χ3v) is 2.48. The molecule has 102 valence electrons. The van der Waals surface area contributed by atoms with Crippen LogP contribution in [0.4, 0.5) is 30.7 Å². The Balaban J connectivity index is 4.39. The van der Waals surface area contributed by atoms with Crippen molar-refractivity contribution >= 4 is 16.9 Å². The van der Waals surface area contributed by atoms with Gasteiger partial charge in [0, 0.05) is 19.1 Å². The molecule has 0 N–H and O–H groups in total. The van der Waals surface area contributed by atoms with Crippen LogP contribution >= 0.6 is 11.8 Å². The van der Waals surface area contributed by atoms with Gasteiger partial charge in [-0.3, -0.25) is 4.79 Å². The fourth-order valence-corrected chi connectivity index (χ4v) is 1.55. The highest BCUT2D eigenvalue weighted by molar-refractivity contribution is 8.13. The van der Waals surface area contributed by atoms with E-state index in [0.29, 0.717) is 11.8 Å². The SMILES string of the molecule is CC(=O)SCCC(F)(F)CC(F)(F)C(F)(F)F. The summed E-state index contributed by atoms with van der Waals surface area (Å²) in [6.07, 6.45) is -9.80. The summed E-state index contributed by atoms with van der Waals surface area (Å²) < 4.78 is 85.3. The molecule has 0 amide bonds. The van der Waals surface area contributed by atoms with Gasteiger partial charge in [0.2, 0.25) is 0 Å². The van der Waals surface area contributed by atoms with Crippen LogP contribution in [0, 0.1) is 0 Å².